The van der Waals surface area contributed by atoms with Gasteiger partial charge in [-0.15, -0.1) is 11.3 Å². The number of fused-ring (bicyclic) bond motifs is 1. The number of hydrogen-bond donors (Lipinski definition) is 2. The van der Waals surface area contributed by atoms with Crippen LogP contribution in [0.1, 0.15) is 46.8 Å². The van der Waals surface area contributed by atoms with Crippen LogP contribution in [0.5, 0.6) is 0 Å². The van der Waals surface area contributed by atoms with E-state index >= 15 is 0 Å². The number of amides is 2. The first kappa shape index (κ1) is 15.7. The van der Waals surface area contributed by atoms with Crippen LogP contribution in [0.2, 0.25) is 0 Å². The molecule has 0 radical (unpaired) electrons. The second kappa shape index (κ2) is 7.41. The quantitative estimate of drug-likeness (QED) is 0.796. The third-order valence-corrected chi connectivity index (χ3v) is 4.78. The van der Waals surface area contributed by atoms with Gasteiger partial charge in [0.1, 0.15) is 0 Å². The average Bonchev–Trinajstić information content (AvgIpc) is 3.20. The van der Waals surface area contributed by atoms with E-state index in [1.807, 2.05) is 0 Å². The molecule has 0 bridgehead atoms. The van der Waals surface area contributed by atoms with E-state index in [-0.39, 0.29) is 17.6 Å². The maximum absolute atomic E-state index is 11.9. The Labute approximate surface area is 138 Å². The maximum Gasteiger partial charge on any atom is 0.286 e. The van der Waals surface area contributed by atoms with Crippen molar-refractivity contribution < 1.29 is 14.0 Å². The fraction of sp³-hybridized carbons (Fsp3) is 0.438. The molecule has 0 aliphatic heterocycles. The number of thiazole rings is 1. The molecule has 0 saturated heterocycles. The van der Waals surface area contributed by atoms with E-state index in [9.17, 15) is 9.59 Å². The highest BCUT2D eigenvalue weighted by Gasteiger charge is 2.16. The van der Waals surface area contributed by atoms with Crippen molar-refractivity contribution in [2.45, 2.75) is 38.5 Å². The standard InChI is InChI=1S/C16H19N3O3S/c20-14(8-3-9-17-15(21)12-6-4-10-22-12)19-16-18-11-5-1-2-7-13(11)23-16/h4,6,10H,1-3,5,7-9H2,(H,17,21)(H,18,19,20). The average molecular weight is 333 g/mol. The summed E-state index contributed by atoms with van der Waals surface area (Å²) < 4.78 is 4.99. The van der Waals surface area contributed by atoms with Gasteiger partial charge >= 0.3 is 0 Å². The summed E-state index contributed by atoms with van der Waals surface area (Å²) in [7, 11) is 0. The van der Waals surface area contributed by atoms with E-state index in [4.69, 9.17) is 4.42 Å². The van der Waals surface area contributed by atoms with Gasteiger partial charge in [-0.25, -0.2) is 4.98 Å². The molecule has 0 aromatic carbocycles. The smallest absolute Gasteiger partial charge is 0.286 e. The molecule has 23 heavy (non-hydrogen) atoms. The van der Waals surface area contributed by atoms with Crippen molar-refractivity contribution in [2.24, 2.45) is 0 Å². The second-order valence-corrected chi connectivity index (χ2v) is 6.56. The SMILES string of the molecule is O=C(CCCNC(=O)c1ccco1)Nc1nc2c(s1)CCCC2. The molecule has 0 spiro atoms. The lowest BCUT2D eigenvalue weighted by Crippen LogP contribution is -2.25. The minimum atomic E-state index is -0.261. The van der Waals surface area contributed by atoms with Crippen molar-refractivity contribution in [3.8, 4) is 0 Å². The number of carbonyl (C=O) groups excluding carboxylic acids is 2. The summed E-state index contributed by atoms with van der Waals surface area (Å²) in [5.74, 6) is -0.0471. The molecule has 1 aliphatic rings. The van der Waals surface area contributed by atoms with E-state index in [0.29, 0.717) is 24.5 Å². The minimum absolute atomic E-state index is 0.0663. The highest BCUT2D eigenvalue weighted by atomic mass is 32.1. The summed E-state index contributed by atoms with van der Waals surface area (Å²) in [5, 5.41) is 6.27. The van der Waals surface area contributed by atoms with Gasteiger partial charge in [-0.05, 0) is 44.2 Å². The van der Waals surface area contributed by atoms with Crippen LogP contribution in [-0.2, 0) is 17.6 Å². The highest BCUT2D eigenvalue weighted by Crippen LogP contribution is 2.29. The third-order valence-electron chi connectivity index (χ3n) is 3.70. The highest BCUT2D eigenvalue weighted by molar-refractivity contribution is 7.15. The molecule has 2 heterocycles. The molecule has 1 aliphatic carbocycles. The zero-order valence-electron chi connectivity index (χ0n) is 12.8. The van der Waals surface area contributed by atoms with Crippen LogP contribution in [-0.4, -0.2) is 23.3 Å². The minimum Gasteiger partial charge on any atom is -0.459 e. The molecule has 6 nitrogen and oxygen atoms in total. The van der Waals surface area contributed by atoms with Crippen molar-refractivity contribution in [3.05, 3.63) is 34.7 Å². The number of aromatic nitrogens is 1. The number of anilines is 1. The number of nitrogens with zero attached hydrogens (tertiary/aromatic N) is 1. The predicted octanol–water partition coefficient (Wildman–Crippen LogP) is 2.76. The van der Waals surface area contributed by atoms with E-state index < -0.39 is 0 Å². The Morgan fingerprint density at radius 3 is 2.96 bits per heavy atom. The number of carbonyl (C=O) groups is 2. The second-order valence-electron chi connectivity index (χ2n) is 5.48. The van der Waals surface area contributed by atoms with Crippen LogP contribution >= 0.6 is 11.3 Å². The molecule has 0 unspecified atom stereocenters. The summed E-state index contributed by atoms with van der Waals surface area (Å²) in [5.41, 5.74) is 1.14. The van der Waals surface area contributed by atoms with Gasteiger partial charge in [0, 0.05) is 17.8 Å². The number of furan rings is 1. The maximum atomic E-state index is 11.9. The van der Waals surface area contributed by atoms with E-state index in [0.717, 1.165) is 18.5 Å². The van der Waals surface area contributed by atoms with Crippen LogP contribution in [0.15, 0.2) is 22.8 Å². The van der Waals surface area contributed by atoms with Gasteiger partial charge in [0.15, 0.2) is 10.9 Å². The molecule has 3 rings (SSSR count). The van der Waals surface area contributed by atoms with Crippen molar-refractivity contribution in [1.29, 1.82) is 0 Å². The van der Waals surface area contributed by atoms with Crippen LogP contribution in [0.25, 0.3) is 0 Å². The van der Waals surface area contributed by atoms with E-state index in [1.54, 1.807) is 23.5 Å². The molecule has 2 aromatic rings. The van der Waals surface area contributed by atoms with Gasteiger partial charge in [-0.2, -0.15) is 0 Å². The zero-order chi connectivity index (χ0) is 16.1. The van der Waals surface area contributed by atoms with Gasteiger partial charge in [0.05, 0.1) is 12.0 Å². The molecule has 0 saturated carbocycles. The Bertz CT molecular complexity index is 655. The lowest BCUT2D eigenvalue weighted by Gasteiger charge is -2.06. The van der Waals surface area contributed by atoms with Gasteiger partial charge in [0.2, 0.25) is 5.91 Å². The number of aryl methyl sites for hydroxylation is 2. The summed E-state index contributed by atoms with van der Waals surface area (Å²) in [6.45, 7) is 0.432. The van der Waals surface area contributed by atoms with Crippen molar-refractivity contribution >= 4 is 28.3 Å². The molecule has 7 heteroatoms. The molecular weight excluding hydrogens is 314 g/mol. The Hall–Kier alpha value is -2.15. The topological polar surface area (TPSA) is 84.2 Å². The first-order chi connectivity index (χ1) is 11.2. The van der Waals surface area contributed by atoms with Gasteiger partial charge < -0.3 is 15.1 Å². The molecular formula is C16H19N3O3S. The van der Waals surface area contributed by atoms with Crippen LogP contribution in [0.4, 0.5) is 5.13 Å². The zero-order valence-corrected chi connectivity index (χ0v) is 13.6. The molecule has 122 valence electrons. The first-order valence-electron chi connectivity index (χ1n) is 7.82. The number of rotatable bonds is 6. The molecule has 0 atom stereocenters. The molecule has 2 aromatic heterocycles. The van der Waals surface area contributed by atoms with Crippen molar-refractivity contribution in [3.63, 3.8) is 0 Å². The number of hydrogen-bond acceptors (Lipinski definition) is 5. The summed E-state index contributed by atoms with van der Waals surface area (Å²) in [6.07, 6.45) is 6.85. The number of nitrogens with one attached hydrogen (secondary N) is 2. The predicted molar refractivity (Wildman–Crippen MR) is 87.7 cm³/mol. The van der Waals surface area contributed by atoms with Crippen molar-refractivity contribution in [1.82, 2.24) is 10.3 Å². The summed E-state index contributed by atoms with van der Waals surface area (Å²) in [6, 6.07) is 3.27. The van der Waals surface area contributed by atoms with E-state index in [2.05, 4.69) is 15.6 Å². The van der Waals surface area contributed by atoms with Crippen LogP contribution in [0, 0.1) is 0 Å². The lowest BCUT2D eigenvalue weighted by molar-refractivity contribution is -0.116. The fourth-order valence-electron chi connectivity index (χ4n) is 2.53. The monoisotopic (exact) mass is 333 g/mol. The van der Waals surface area contributed by atoms with Crippen molar-refractivity contribution in [2.75, 3.05) is 11.9 Å². The lowest BCUT2D eigenvalue weighted by atomic mass is 10.0. The van der Waals surface area contributed by atoms with Crippen LogP contribution < -0.4 is 10.6 Å². The first-order valence-corrected chi connectivity index (χ1v) is 8.64. The summed E-state index contributed by atoms with van der Waals surface area (Å²) in [4.78, 5) is 29.4. The van der Waals surface area contributed by atoms with Gasteiger partial charge in [0.25, 0.3) is 5.91 Å². The Kier molecular flexibility index (Phi) is 5.07. The van der Waals surface area contributed by atoms with Crippen LogP contribution in [0.3, 0.4) is 0 Å². The third kappa shape index (κ3) is 4.19. The largest absolute Gasteiger partial charge is 0.459 e. The Morgan fingerprint density at radius 2 is 2.17 bits per heavy atom. The fourth-order valence-corrected chi connectivity index (χ4v) is 3.60. The van der Waals surface area contributed by atoms with Gasteiger partial charge in [-0.1, -0.05) is 0 Å². The Morgan fingerprint density at radius 1 is 1.30 bits per heavy atom. The molecule has 2 N–H and O–H groups in total. The molecule has 0 fully saturated rings. The molecule has 2 amide bonds. The normalized spacial score (nSPS) is 13.4. The Balaban J connectivity index is 1.38. The van der Waals surface area contributed by atoms with E-state index in [1.165, 1.54) is 24.0 Å². The summed E-state index contributed by atoms with van der Waals surface area (Å²) >= 11 is 1.58. The van der Waals surface area contributed by atoms with Gasteiger partial charge in [-0.3, -0.25) is 9.59 Å².